The zero-order valence-corrected chi connectivity index (χ0v) is 19.5. The molecule has 0 fully saturated rings. The Morgan fingerprint density at radius 3 is 2.03 bits per heavy atom. The highest BCUT2D eigenvalue weighted by Gasteiger charge is 2.31. The lowest BCUT2D eigenvalue weighted by Gasteiger charge is -2.25. The first-order valence-corrected chi connectivity index (χ1v) is 11.1. The highest BCUT2D eigenvalue weighted by molar-refractivity contribution is 7.80. The molecule has 12 nitrogen and oxygen atoms in total. The van der Waals surface area contributed by atoms with Crippen LogP contribution in [0.25, 0.3) is 0 Å². The molecule has 5 atom stereocenters. The van der Waals surface area contributed by atoms with Crippen LogP contribution < -0.4 is 27.4 Å². The summed E-state index contributed by atoms with van der Waals surface area (Å²) in [5.74, 6) is -4.74. The van der Waals surface area contributed by atoms with Crippen molar-refractivity contribution >= 4 is 42.2 Å². The van der Waals surface area contributed by atoms with Gasteiger partial charge in [-0.25, -0.2) is 4.79 Å². The molecule has 34 heavy (non-hydrogen) atoms. The third kappa shape index (κ3) is 9.77. The molecule has 0 heterocycles. The summed E-state index contributed by atoms with van der Waals surface area (Å²) in [6.45, 7) is 1.17. The summed E-state index contributed by atoms with van der Waals surface area (Å²) in [4.78, 5) is 60.2. The number of carboxylic acids is 1. The number of carboxylic acid groups (broad SMARTS) is 1. The van der Waals surface area contributed by atoms with Crippen LogP contribution in [0.15, 0.2) is 30.3 Å². The third-order valence-corrected chi connectivity index (χ3v) is 5.17. The first-order chi connectivity index (χ1) is 16.0. The molecular weight excluding hydrogens is 466 g/mol. The minimum Gasteiger partial charge on any atom is -0.480 e. The molecule has 0 saturated carbocycles. The lowest BCUT2D eigenvalue weighted by Crippen LogP contribution is -2.58. The van der Waals surface area contributed by atoms with Crippen LogP contribution in [0.5, 0.6) is 0 Å². The molecular formula is C21H31N5O7S. The zero-order valence-electron chi connectivity index (χ0n) is 18.6. The highest BCUT2D eigenvalue weighted by Crippen LogP contribution is 2.04. The predicted octanol–water partition coefficient (Wildman–Crippen LogP) is -2.33. The molecule has 4 amide bonds. The minimum atomic E-state index is -1.64. The van der Waals surface area contributed by atoms with E-state index in [9.17, 15) is 29.1 Å². The Morgan fingerprint density at radius 1 is 0.971 bits per heavy atom. The van der Waals surface area contributed by atoms with Gasteiger partial charge in [0.05, 0.1) is 12.1 Å². The lowest BCUT2D eigenvalue weighted by atomic mass is 10.1. The van der Waals surface area contributed by atoms with Crippen LogP contribution in [-0.4, -0.2) is 75.8 Å². The van der Waals surface area contributed by atoms with Gasteiger partial charge >= 0.3 is 5.97 Å². The number of amides is 4. The molecule has 188 valence electrons. The number of aliphatic carboxylic acids is 1. The number of nitrogens with two attached hydrogens (primary N) is 2. The maximum Gasteiger partial charge on any atom is 0.328 e. The van der Waals surface area contributed by atoms with Crippen molar-refractivity contribution in [2.24, 2.45) is 11.5 Å². The number of hydrogen-bond donors (Lipinski definition) is 8. The van der Waals surface area contributed by atoms with Crippen molar-refractivity contribution in [3.63, 3.8) is 0 Å². The van der Waals surface area contributed by atoms with E-state index in [2.05, 4.69) is 28.6 Å². The van der Waals surface area contributed by atoms with Crippen LogP contribution in [0.2, 0.25) is 0 Å². The maximum absolute atomic E-state index is 12.7. The van der Waals surface area contributed by atoms with Crippen LogP contribution in [0.1, 0.15) is 25.3 Å². The fraction of sp³-hybridized carbons (Fsp3) is 0.476. The number of benzene rings is 1. The van der Waals surface area contributed by atoms with Gasteiger partial charge in [0, 0.05) is 12.2 Å². The summed E-state index contributed by atoms with van der Waals surface area (Å²) in [6, 6.07) is 3.89. The topological polar surface area (TPSA) is 214 Å². The molecule has 0 bridgehead atoms. The second kappa shape index (κ2) is 14.2. The summed E-state index contributed by atoms with van der Waals surface area (Å²) in [7, 11) is 0. The van der Waals surface area contributed by atoms with Crippen LogP contribution in [0.3, 0.4) is 0 Å². The molecule has 0 aliphatic rings. The lowest BCUT2D eigenvalue weighted by molar-refractivity contribution is -0.145. The summed E-state index contributed by atoms with van der Waals surface area (Å²) in [5, 5.41) is 25.7. The number of carbonyl (C=O) groups is 5. The number of hydrogen-bond acceptors (Lipinski definition) is 8. The molecule has 1 aromatic rings. The molecule has 0 aliphatic carbocycles. The van der Waals surface area contributed by atoms with Gasteiger partial charge in [0.25, 0.3) is 0 Å². The fourth-order valence-corrected chi connectivity index (χ4v) is 3.16. The molecule has 9 N–H and O–H groups in total. The minimum absolute atomic E-state index is 0.134. The average Bonchev–Trinajstić information content (AvgIpc) is 2.77. The molecule has 1 rings (SSSR count). The van der Waals surface area contributed by atoms with Gasteiger partial charge in [0.1, 0.15) is 12.1 Å². The third-order valence-electron chi connectivity index (χ3n) is 4.81. The first-order valence-electron chi connectivity index (χ1n) is 10.5. The number of carbonyl (C=O) groups excluding carboxylic acids is 4. The first kappa shape index (κ1) is 28.9. The largest absolute Gasteiger partial charge is 0.480 e. The normalized spacial score (nSPS) is 15.2. The molecule has 13 heteroatoms. The summed E-state index contributed by atoms with van der Waals surface area (Å²) in [5.41, 5.74) is 11.9. The fourth-order valence-electron chi connectivity index (χ4n) is 2.90. The molecule has 1 aromatic carbocycles. The van der Waals surface area contributed by atoms with Crippen LogP contribution in [-0.2, 0) is 30.4 Å². The number of nitrogens with one attached hydrogen (secondary N) is 3. The van der Waals surface area contributed by atoms with Gasteiger partial charge < -0.3 is 37.6 Å². The van der Waals surface area contributed by atoms with E-state index in [1.807, 2.05) is 6.07 Å². The molecule has 5 unspecified atom stereocenters. The van der Waals surface area contributed by atoms with Gasteiger partial charge in [-0.1, -0.05) is 30.3 Å². The van der Waals surface area contributed by atoms with Gasteiger partial charge in [-0.3, -0.25) is 19.2 Å². The summed E-state index contributed by atoms with van der Waals surface area (Å²) in [6.07, 6.45) is -1.72. The number of aliphatic hydroxyl groups excluding tert-OH is 1. The quantitative estimate of drug-likeness (QED) is 0.130. The van der Waals surface area contributed by atoms with Crippen molar-refractivity contribution in [1.29, 1.82) is 0 Å². The Kier molecular flexibility index (Phi) is 12.0. The van der Waals surface area contributed by atoms with Crippen molar-refractivity contribution in [2.45, 2.75) is 56.5 Å². The Morgan fingerprint density at radius 2 is 1.53 bits per heavy atom. The highest BCUT2D eigenvalue weighted by atomic mass is 32.1. The van der Waals surface area contributed by atoms with E-state index in [1.54, 1.807) is 24.3 Å². The molecule has 0 radical (unpaired) electrons. The van der Waals surface area contributed by atoms with Crippen LogP contribution in [0, 0.1) is 0 Å². The molecule has 0 spiro atoms. The Bertz CT molecular complexity index is 868. The van der Waals surface area contributed by atoms with E-state index in [0.29, 0.717) is 0 Å². The number of thiol groups is 1. The Balaban J connectivity index is 2.86. The van der Waals surface area contributed by atoms with Gasteiger partial charge in [-0.05, 0) is 25.3 Å². The Labute approximate surface area is 202 Å². The van der Waals surface area contributed by atoms with E-state index < -0.39 is 59.9 Å². The van der Waals surface area contributed by atoms with Crippen molar-refractivity contribution in [3.05, 3.63) is 35.9 Å². The van der Waals surface area contributed by atoms with Crippen LogP contribution in [0.4, 0.5) is 0 Å². The average molecular weight is 498 g/mol. The van der Waals surface area contributed by atoms with E-state index in [1.165, 1.54) is 6.92 Å². The second-order valence-corrected chi connectivity index (χ2v) is 8.04. The van der Waals surface area contributed by atoms with Crippen LogP contribution >= 0.6 is 12.6 Å². The summed E-state index contributed by atoms with van der Waals surface area (Å²) >= 11 is 4.06. The smallest absolute Gasteiger partial charge is 0.328 e. The van der Waals surface area contributed by atoms with Crippen molar-refractivity contribution in [2.75, 3.05) is 5.75 Å². The standard InChI is InChI=1S/C21H31N5O7S/c1-11(27)17(21(32)33)26-19(30)14(7-8-16(23)28)24-20(31)15(10-34)25-18(29)13(22)9-12-5-3-2-4-6-12/h2-6,11,13-15,17,27,34H,7-10,22H2,1H3,(H2,23,28)(H,24,31)(H,25,29)(H,26,30)(H,32,33). The van der Waals surface area contributed by atoms with E-state index in [-0.39, 0.29) is 25.0 Å². The van der Waals surface area contributed by atoms with E-state index in [0.717, 1.165) is 5.56 Å². The molecule has 0 saturated heterocycles. The van der Waals surface area contributed by atoms with Gasteiger partial charge in [0.2, 0.25) is 23.6 Å². The molecule has 0 aliphatic heterocycles. The van der Waals surface area contributed by atoms with E-state index >= 15 is 0 Å². The van der Waals surface area contributed by atoms with Crippen molar-refractivity contribution < 1.29 is 34.2 Å². The van der Waals surface area contributed by atoms with Gasteiger partial charge in [-0.2, -0.15) is 12.6 Å². The SMILES string of the molecule is CC(O)C(NC(=O)C(CCC(N)=O)NC(=O)C(CS)NC(=O)C(N)Cc1ccccc1)C(=O)O. The Hall–Kier alpha value is -3.16. The van der Waals surface area contributed by atoms with Crippen molar-refractivity contribution in [3.8, 4) is 0 Å². The maximum atomic E-state index is 12.7. The van der Waals surface area contributed by atoms with Gasteiger partial charge in [-0.15, -0.1) is 0 Å². The number of primary amides is 1. The predicted molar refractivity (Wildman–Crippen MR) is 126 cm³/mol. The number of aliphatic hydroxyl groups is 1. The summed E-state index contributed by atoms with van der Waals surface area (Å²) < 4.78 is 0. The van der Waals surface area contributed by atoms with Gasteiger partial charge in [0.15, 0.2) is 6.04 Å². The van der Waals surface area contributed by atoms with E-state index in [4.69, 9.17) is 16.6 Å². The number of rotatable bonds is 14. The molecule has 0 aromatic heterocycles. The van der Waals surface area contributed by atoms with Crippen molar-refractivity contribution in [1.82, 2.24) is 16.0 Å². The second-order valence-electron chi connectivity index (χ2n) is 7.67. The zero-order chi connectivity index (χ0) is 25.8. The monoisotopic (exact) mass is 497 g/mol.